The van der Waals surface area contributed by atoms with Crippen molar-refractivity contribution in [3.63, 3.8) is 0 Å². The minimum atomic E-state index is 0.941. The Kier molecular flexibility index (Phi) is 3.41. The van der Waals surface area contributed by atoms with Crippen molar-refractivity contribution >= 4 is 23.9 Å². The summed E-state index contributed by atoms with van der Waals surface area (Å²) in [5.74, 6) is 0. The van der Waals surface area contributed by atoms with Gasteiger partial charge < -0.3 is 15.0 Å². The molecule has 0 bridgehead atoms. The normalized spacial score (nSPS) is 17.4. The number of aliphatic imine (C=N–C) groups is 1. The lowest BCUT2D eigenvalue weighted by Gasteiger charge is -1.89. The highest BCUT2D eigenvalue weighted by molar-refractivity contribution is 6.19. The Labute approximate surface area is 133 Å². The number of hydrogen-bond donors (Lipinski definition) is 3. The molecule has 0 unspecified atom stereocenters. The summed E-state index contributed by atoms with van der Waals surface area (Å²) < 4.78 is 0. The molecule has 0 aliphatic carbocycles. The maximum absolute atomic E-state index is 4.60. The summed E-state index contributed by atoms with van der Waals surface area (Å²) in [5.41, 5.74) is 4.02. The fraction of sp³-hybridized carbons (Fsp3) is 0. The van der Waals surface area contributed by atoms with Crippen molar-refractivity contribution in [2.75, 3.05) is 0 Å². The first-order valence-electron chi connectivity index (χ1n) is 7.49. The summed E-state index contributed by atoms with van der Waals surface area (Å²) in [6.45, 7) is 0. The Morgan fingerprint density at radius 3 is 2.13 bits per heavy atom. The SMILES string of the molecule is C1=C/C(=C\c2ccc[nH]2)N=C1/C=c1\cc/c(=C/c2ccc[nH]2)[nH]1. The van der Waals surface area contributed by atoms with Gasteiger partial charge in [-0.25, -0.2) is 4.99 Å². The van der Waals surface area contributed by atoms with Gasteiger partial charge >= 0.3 is 0 Å². The van der Waals surface area contributed by atoms with Crippen molar-refractivity contribution in [3.05, 3.63) is 88.7 Å². The smallest absolute Gasteiger partial charge is 0.0658 e. The van der Waals surface area contributed by atoms with E-state index in [1.807, 2.05) is 61.0 Å². The molecule has 0 radical (unpaired) electrons. The molecule has 3 aromatic rings. The maximum Gasteiger partial charge on any atom is 0.0658 e. The predicted molar refractivity (Wildman–Crippen MR) is 94.2 cm³/mol. The monoisotopic (exact) mass is 300 g/mol. The van der Waals surface area contributed by atoms with Gasteiger partial charge in [-0.3, -0.25) is 0 Å². The van der Waals surface area contributed by atoms with E-state index in [9.17, 15) is 0 Å². The molecule has 1 aliphatic heterocycles. The van der Waals surface area contributed by atoms with Crippen LogP contribution in [-0.4, -0.2) is 20.7 Å². The van der Waals surface area contributed by atoms with E-state index >= 15 is 0 Å². The molecule has 4 heterocycles. The van der Waals surface area contributed by atoms with E-state index in [1.165, 1.54) is 0 Å². The number of nitrogens with one attached hydrogen (secondary N) is 3. The van der Waals surface area contributed by atoms with Gasteiger partial charge in [-0.1, -0.05) is 0 Å². The zero-order valence-corrected chi connectivity index (χ0v) is 12.5. The van der Waals surface area contributed by atoms with Crippen molar-refractivity contribution in [1.29, 1.82) is 0 Å². The van der Waals surface area contributed by atoms with Crippen molar-refractivity contribution in [3.8, 4) is 0 Å². The van der Waals surface area contributed by atoms with E-state index in [0.29, 0.717) is 0 Å². The second-order valence-electron chi connectivity index (χ2n) is 5.35. The lowest BCUT2D eigenvalue weighted by Crippen LogP contribution is -2.10. The summed E-state index contributed by atoms with van der Waals surface area (Å²) in [7, 11) is 0. The Morgan fingerprint density at radius 2 is 1.43 bits per heavy atom. The summed E-state index contributed by atoms with van der Waals surface area (Å²) in [6.07, 6.45) is 14.0. The number of aromatic nitrogens is 3. The number of H-pyrrole nitrogens is 3. The van der Waals surface area contributed by atoms with Crippen LogP contribution in [0.15, 0.2) is 71.6 Å². The summed E-state index contributed by atoms with van der Waals surface area (Å²) in [4.78, 5) is 14.3. The Bertz CT molecular complexity index is 994. The minimum Gasteiger partial charge on any atom is -0.362 e. The molecule has 4 rings (SSSR count). The summed E-state index contributed by atoms with van der Waals surface area (Å²) >= 11 is 0. The number of aromatic amines is 3. The number of hydrogen-bond acceptors (Lipinski definition) is 1. The van der Waals surface area contributed by atoms with Crippen LogP contribution in [0.5, 0.6) is 0 Å². The zero-order valence-electron chi connectivity index (χ0n) is 12.5. The van der Waals surface area contributed by atoms with Crippen molar-refractivity contribution in [2.24, 2.45) is 4.99 Å². The van der Waals surface area contributed by atoms with Gasteiger partial charge in [-0.05, 0) is 66.8 Å². The molecule has 0 aromatic carbocycles. The van der Waals surface area contributed by atoms with E-state index in [4.69, 9.17) is 0 Å². The summed E-state index contributed by atoms with van der Waals surface area (Å²) in [5, 5.41) is 2.09. The van der Waals surface area contributed by atoms with Gasteiger partial charge in [0.25, 0.3) is 0 Å². The largest absolute Gasteiger partial charge is 0.362 e. The van der Waals surface area contributed by atoms with Gasteiger partial charge in [0.05, 0.1) is 11.4 Å². The molecule has 0 saturated carbocycles. The molecule has 3 N–H and O–H groups in total. The zero-order chi connectivity index (χ0) is 15.5. The van der Waals surface area contributed by atoms with Crippen LogP contribution in [-0.2, 0) is 0 Å². The fourth-order valence-electron chi connectivity index (χ4n) is 2.51. The van der Waals surface area contributed by atoms with E-state index in [1.54, 1.807) is 0 Å². The van der Waals surface area contributed by atoms with Crippen LogP contribution in [0, 0.1) is 0 Å². The Hall–Kier alpha value is -3.27. The first kappa shape index (κ1) is 13.4. The fourth-order valence-corrected chi connectivity index (χ4v) is 2.51. The molecule has 112 valence electrons. The molecule has 3 aromatic heterocycles. The van der Waals surface area contributed by atoms with Crippen LogP contribution in [0.3, 0.4) is 0 Å². The molecule has 23 heavy (non-hydrogen) atoms. The predicted octanol–water partition coefficient (Wildman–Crippen LogP) is 2.33. The Morgan fingerprint density at radius 1 is 0.739 bits per heavy atom. The van der Waals surface area contributed by atoms with E-state index < -0.39 is 0 Å². The molecule has 4 heteroatoms. The highest BCUT2D eigenvalue weighted by atomic mass is 14.8. The van der Waals surface area contributed by atoms with Crippen LogP contribution in [0.1, 0.15) is 11.4 Å². The minimum absolute atomic E-state index is 0.941. The van der Waals surface area contributed by atoms with E-state index in [2.05, 4.69) is 38.2 Å². The van der Waals surface area contributed by atoms with E-state index in [0.717, 1.165) is 33.5 Å². The van der Waals surface area contributed by atoms with Crippen molar-refractivity contribution < 1.29 is 0 Å². The first-order chi connectivity index (χ1) is 11.3. The van der Waals surface area contributed by atoms with Crippen molar-refractivity contribution in [1.82, 2.24) is 15.0 Å². The molecule has 0 fully saturated rings. The van der Waals surface area contributed by atoms with Gasteiger partial charge in [0.1, 0.15) is 0 Å². The molecular formula is C19H16N4. The van der Waals surface area contributed by atoms with Crippen LogP contribution >= 0.6 is 0 Å². The van der Waals surface area contributed by atoms with Gasteiger partial charge in [0.15, 0.2) is 0 Å². The maximum atomic E-state index is 4.60. The standard InChI is InChI=1S/C19H16N4/c1-3-14(20-9-1)11-16-5-7-18(22-16)13-19-8-6-17(23-19)12-15-4-2-10-21-15/h1-13,20-22H/b16-11-,17-12+,18-13+. The van der Waals surface area contributed by atoms with Crippen LogP contribution in [0.25, 0.3) is 18.2 Å². The molecule has 0 spiro atoms. The average molecular weight is 300 g/mol. The topological polar surface area (TPSA) is 59.7 Å². The van der Waals surface area contributed by atoms with Crippen LogP contribution in [0.4, 0.5) is 0 Å². The van der Waals surface area contributed by atoms with Crippen LogP contribution < -0.4 is 10.7 Å². The lowest BCUT2D eigenvalue weighted by atomic mass is 10.3. The molecule has 0 atom stereocenters. The molecule has 4 nitrogen and oxygen atoms in total. The summed E-state index contributed by atoms with van der Waals surface area (Å²) in [6, 6.07) is 12.1. The third kappa shape index (κ3) is 3.16. The average Bonchev–Trinajstić information content (AvgIpc) is 3.31. The van der Waals surface area contributed by atoms with Gasteiger partial charge in [-0.15, -0.1) is 0 Å². The van der Waals surface area contributed by atoms with Gasteiger partial charge in [0, 0.05) is 34.5 Å². The molecule has 1 aliphatic rings. The third-order valence-corrected chi connectivity index (χ3v) is 3.58. The van der Waals surface area contributed by atoms with Crippen molar-refractivity contribution in [2.45, 2.75) is 0 Å². The molecule has 0 saturated heterocycles. The number of allylic oxidation sites excluding steroid dienone is 2. The molecule has 0 amide bonds. The van der Waals surface area contributed by atoms with Crippen LogP contribution in [0.2, 0.25) is 0 Å². The first-order valence-corrected chi connectivity index (χ1v) is 7.49. The second-order valence-corrected chi connectivity index (χ2v) is 5.35. The quantitative estimate of drug-likeness (QED) is 0.665. The number of rotatable bonds is 3. The third-order valence-electron chi connectivity index (χ3n) is 3.58. The Balaban J connectivity index is 1.60. The van der Waals surface area contributed by atoms with Gasteiger partial charge in [0.2, 0.25) is 0 Å². The van der Waals surface area contributed by atoms with E-state index in [-0.39, 0.29) is 0 Å². The second kappa shape index (κ2) is 5.85. The lowest BCUT2D eigenvalue weighted by molar-refractivity contribution is 1.26. The number of nitrogens with zero attached hydrogens (tertiary/aromatic N) is 1. The highest BCUT2D eigenvalue weighted by Crippen LogP contribution is 2.13. The highest BCUT2D eigenvalue weighted by Gasteiger charge is 2.02. The van der Waals surface area contributed by atoms with Gasteiger partial charge in [-0.2, -0.15) is 0 Å². The molecular weight excluding hydrogens is 284 g/mol.